The first-order chi connectivity index (χ1) is 12.3. The van der Waals surface area contributed by atoms with Gasteiger partial charge in [0.05, 0.1) is 4.88 Å². The molecule has 0 unspecified atom stereocenters. The summed E-state index contributed by atoms with van der Waals surface area (Å²) in [4.78, 5) is 26.7. The molecule has 0 spiro atoms. The lowest BCUT2D eigenvalue weighted by Gasteiger charge is -2.31. The Bertz CT molecular complexity index is 948. The van der Waals surface area contributed by atoms with Crippen LogP contribution in [0, 0.1) is 11.3 Å². The fourth-order valence-corrected chi connectivity index (χ4v) is 3.80. The second kappa shape index (κ2) is 6.49. The van der Waals surface area contributed by atoms with Crippen LogP contribution in [0.1, 0.15) is 30.1 Å². The lowest BCUT2D eigenvalue weighted by molar-refractivity contribution is 0.481. The van der Waals surface area contributed by atoms with E-state index in [2.05, 4.69) is 25.1 Å². The number of thiophene rings is 1. The number of nitrogens with zero attached hydrogens (tertiary/aromatic N) is 5. The molecule has 3 aromatic heterocycles. The second-order valence-corrected chi connectivity index (χ2v) is 6.78. The third-order valence-corrected chi connectivity index (χ3v) is 5.26. The van der Waals surface area contributed by atoms with Crippen LogP contribution < -0.4 is 10.5 Å². The summed E-state index contributed by atoms with van der Waals surface area (Å²) in [5.41, 5.74) is 0.115. The van der Waals surface area contributed by atoms with E-state index in [0.717, 1.165) is 36.6 Å². The fraction of sp³-hybridized carbons (Fsp3) is 0.312. The third kappa shape index (κ3) is 2.92. The number of aromatic amines is 2. The SMILES string of the molecule is N#Cc1c(-c2cccs2)nc(N2CCC(c3ncn[nH]3)CC2)[nH]c1=O. The van der Waals surface area contributed by atoms with E-state index < -0.39 is 5.56 Å². The maximum Gasteiger partial charge on any atom is 0.270 e. The number of nitriles is 1. The number of rotatable bonds is 3. The van der Waals surface area contributed by atoms with Gasteiger partial charge >= 0.3 is 0 Å². The summed E-state index contributed by atoms with van der Waals surface area (Å²) in [6, 6.07) is 5.72. The minimum Gasteiger partial charge on any atom is -0.342 e. The molecule has 0 saturated carbocycles. The molecule has 1 fully saturated rings. The Kier molecular flexibility index (Phi) is 4.03. The van der Waals surface area contributed by atoms with Gasteiger partial charge in [0.2, 0.25) is 5.95 Å². The number of piperidine rings is 1. The number of nitrogens with one attached hydrogen (secondary N) is 2. The largest absolute Gasteiger partial charge is 0.342 e. The van der Waals surface area contributed by atoms with Gasteiger partial charge < -0.3 is 4.90 Å². The molecule has 4 heterocycles. The van der Waals surface area contributed by atoms with Crippen molar-refractivity contribution in [2.75, 3.05) is 18.0 Å². The van der Waals surface area contributed by atoms with E-state index in [1.54, 1.807) is 0 Å². The summed E-state index contributed by atoms with van der Waals surface area (Å²) >= 11 is 1.46. The van der Waals surface area contributed by atoms with Gasteiger partial charge in [0.15, 0.2) is 0 Å². The summed E-state index contributed by atoms with van der Waals surface area (Å²) in [6.45, 7) is 1.51. The fourth-order valence-electron chi connectivity index (χ4n) is 3.08. The standard InChI is InChI=1S/C16H15N7OS/c17-8-11-13(12-2-1-7-25-12)20-16(21-15(11)24)23-5-3-10(4-6-23)14-18-9-19-22-14/h1-2,7,9-10H,3-6H2,(H,18,19,22)(H,20,21,24). The summed E-state index contributed by atoms with van der Waals surface area (Å²) < 4.78 is 0. The van der Waals surface area contributed by atoms with Crippen LogP contribution in [0.2, 0.25) is 0 Å². The van der Waals surface area contributed by atoms with Crippen molar-refractivity contribution in [1.29, 1.82) is 5.26 Å². The average Bonchev–Trinajstić information content (AvgIpc) is 3.35. The molecule has 4 rings (SSSR count). The van der Waals surface area contributed by atoms with Crippen LogP contribution in [0.5, 0.6) is 0 Å². The molecular formula is C16H15N7OS. The molecule has 0 aliphatic carbocycles. The maximum atomic E-state index is 12.3. The highest BCUT2D eigenvalue weighted by atomic mass is 32.1. The summed E-state index contributed by atoms with van der Waals surface area (Å²) in [6.07, 6.45) is 3.31. The van der Waals surface area contributed by atoms with Crippen molar-refractivity contribution in [3.05, 3.63) is 45.6 Å². The predicted molar refractivity (Wildman–Crippen MR) is 93.5 cm³/mol. The Morgan fingerprint density at radius 3 is 2.84 bits per heavy atom. The normalized spacial score (nSPS) is 15.2. The van der Waals surface area contributed by atoms with Crippen molar-refractivity contribution in [2.45, 2.75) is 18.8 Å². The van der Waals surface area contributed by atoms with Crippen LogP contribution in [0.3, 0.4) is 0 Å². The van der Waals surface area contributed by atoms with Gasteiger partial charge in [-0.15, -0.1) is 11.3 Å². The van der Waals surface area contributed by atoms with E-state index in [1.165, 1.54) is 17.7 Å². The number of hydrogen-bond donors (Lipinski definition) is 2. The van der Waals surface area contributed by atoms with Gasteiger partial charge in [0.25, 0.3) is 5.56 Å². The van der Waals surface area contributed by atoms with Gasteiger partial charge in [-0.1, -0.05) is 6.07 Å². The monoisotopic (exact) mass is 353 g/mol. The number of hydrogen-bond acceptors (Lipinski definition) is 7. The highest BCUT2D eigenvalue weighted by molar-refractivity contribution is 7.13. The Hall–Kier alpha value is -2.99. The molecule has 0 amide bonds. The van der Waals surface area contributed by atoms with E-state index in [-0.39, 0.29) is 5.56 Å². The Labute approximate surface area is 147 Å². The van der Waals surface area contributed by atoms with Crippen LogP contribution in [0.25, 0.3) is 10.6 Å². The molecule has 0 atom stereocenters. The van der Waals surface area contributed by atoms with Crippen LogP contribution in [0.4, 0.5) is 5.95 Å². The molecule has 0 radical (unpaired) electrons. The Morgan fingerprint density at radius 1 is 1.36 bits per heavy atom. The van der Waals surface area contributed by atoms with Crippen molar-refractivity contribution >= 4 is 17.3 Å². The number of aromatic nitrogens is 5. The molecule has 1 aliphatic rings. The first-order valence-electron chi connectivity index (χ1n) is 7.94. The van der Waals surface area contributed by atoms with Gasteiger partial charge in [0, 0.05) is 19.0 Å². The smallest absolute Gasteiger partial charge is 0.270 e. The lowest BCUT2D eigenvalue weighted by Crippen LogP contribution is -2.36. The quantitative estimate of drug-likeness (QED) is 0.743. The molecule has 8 nitrogen and oxygen atoms in total. The van der Waals surface area contributed by atoms with E-state index in [1.807, 2.05) is 28.5 Å². The highest BCUT2D eigenvalue weighted by Gasteiger charge is 2.25. The van der Waals surface area contributed by atoms with E-state index in [4.69, 9.17) is 0 Å². The van der Waals surface area contributed by atoms with Crippen LogP contribution in [0.15, 0.2) is 28.6 Å². The van der Waals surface area contributed by atoms with Gasteiger partial charge in [-0.2, -0.15) is 10.4 Å². The third-order valence-electron chi connectivity index (χ3n) is 4.39. The first-order valence-corrected chi connectivity index (χ1v) is 8.82. The van der Waals surface area contributed by atoms with Crippen LogP contribution in [-0.2, 0) is 0 Å². The minimum absolute atomic E-state index is 0.0581. The Morgan fingerprint density at radius 2 is 2.20 bits per heavy atom. The topological polar surface area (TPSA) is 114 Å². The molecule has 2 N–H and O–H groups in total. The van der Waals surface area contributed by atoms with Crippen molar-refractivity contribution in [3.8, 4) is 16.6 Å². The lowest BCUT2D eigenvalue weighted by atomic mass is 9.96. The zero-order valence-electron chi connectivity index (χ0n) is 13.3. The van der Waals surface area contributed by atoms with Gasteiger partial charge in [0.1, 0.15) is 29.5 Å². The van der Waals surface area contributed by atoms with Crippen molar-refractivity contribution < 1.29 is 0 Å². The van der Waals surface area contributed by atoms with Crippen molar-refractivity contribution in [2.24, 2.45) is 0 Å². The zero-order chi connectivity index (χ0) is 17.2. The molecule has 9 heteroatoms. The summed E-state index contributed by atoms with van der Waals surface area (Å²) in [7, 11) is 0. The van der Waals surface area contributed by atoms with E-state index >= 15 is 0 Å². The minimum atomic E-state index is -0.395. The zero-order valence-corrected chi connectivity index (χ0v) is 14.1. The molecule has 3 aromatic rings. The van der Waals surface area contributed by atoms with Gasteiger partial charge in [-0.05, 0) is 24.3 Å². The van der Waals surface area contributed by atoms with E-state index in [0.29, 0.717) is 17.6 Å². The second-order valence-electron chi connectivity index (χ2n) is 5.83. The Balaban J connectivity index is 1.62. The molecule has 126 valence electrons. The number of anilines is 1. The van der Waals surface area contributed by atoms with Crippen molar-refractivity contribution in [1.82, 2.24) is 25.1 Å². The summed E-state index contributed by atoms with van der Waals surface area (Å²) in [5, 5.41) is 18.0. The van der Waals surface area contributed by atoms with Crippen molar-refractivity contribution in [3.63, 3.8) is 0 Å². The molecule has 1 aliphatic heterocycles. The summed E-state index contributed by atoms with van der Waals surface area (Å²) in [5.74, 6) is 1.75. The van der Waals surface area contributed by atoms with Crippen LogP contribution in [-0.4, -0.2) is 38.2 Å². The molecule has 0 aromatic carbocycles. The van der Waals surface area contributed by atoms with Crippen LogP contribution >= 0.6 is 11.3 Å². The predicted octanol–water partition coefficient (Wildman–Crippen LogP) is 1.87. The molecule has 25 heavy (non-hydrogen) atoms. The highest BCUT2D eigenvalue weighted by Crippen LogP contribution is 2.29. The van der Waals surface area contributed by atoms with Gasteiger partial charge in [-0.25, -0.2) is 9.97 Å². The average molecular weight is 353 g/mol. The first kappa shape index (κ1) is 15.5. The molecular weight excluding hydrogens is 338 g/mol. The van der Waals surface area contributed by atoms with E-state index in [9.17, 15) is 10.1 Å². The van der Waals surface area contributed by atoms with Gasteiger partial charge in [-0.3, -0.25) is 14.9 Å². The molecule has 1 saturated heterocycles. The molecule has 0 bridgehead atoms. The number of H-pyrrole nitrogens is 2. The maximum absolute atomic E-state index is 12.3.